The van der Waals surface area contributed by atoms with Crippen molar-refractivity contribution in [2.45, 2.75) is 0 Å². The molecule has 0 aliphatic rings. The van der Waals surface area contributed by atoms with Gasteiger partial charge in [0.25, 0.3) is 11.4 Å². The third-order valence-corrected chi connectivity index (χ3v) is 3.07. The zero-order valence-electron chi connectivity index (χ0n) is 13.7. The van der Waals surface area contributed by atoms with Crippen LogP contribution in [0.2, 0.25) is 0 Å². The predicted octanol–water partition coefficient (Wildman–Crippen LogP) is 2.45. The first-order valence-electron chi connectivity index (χ1n) is 6.87. The molecule has 0 saturated carbocycles. The fourth-order valence-corrected chi connectivity index (χ4v) is 1.75. The second-order valence-electron chi connectivity index (χ2n) is 5.09. The van der Waals surface area contributed by atoms with E-state index in [1.165, 1.54) is 5.69 Å². The minimum atomic E-state index is -1.21. The number of phenols is 1. The molecule has 0 spiro atoms. The van der Waals surface area contributed by atoms with Crippen molar-refractivity contribution >= 4 is 28.4 Å². The molecular formula is C14H15N5O7. The van der Waals surface area contributed by atoms with Gasteiger partial charge in [0.2, 0.25) is 0 Å². The molecule has 0 amide bonds. The number of nitrogen functional groups attached to an aromatic ring is 1. The van der Waals surface area contributed by atoms with Crippen molar-refractivity contribution in [1.82, 2.24) is 0 Å². The summed E-state index contributed by atoms with van der Waals surface area (Å²) in [4.78, 5) is 29.8. The van der Waals surface area contributed by atoms with E-state index in [0.717, 1.165) is 5.69 Å². The summed E-state index contributed by atoms with van der Waals surface area (Å²) in [6, 6.07) is 8.68. The van der Waals surface area contributed by atoms with Crippen molar-refractivity contribution in [1.29, 1.82) is 0 Å². The number of aromatic hydroxyl groups is 1. The number of anilines is 2. The lowest BCUT2D eigenvalue weighted by Crippen LogP contribution is -2.08. The van der Waals surface area contributed by atoms with Gasteiger partial charge in [-0.1, -0.05) is 0 Å². The summed E-state index contributed by atoms with van der Waals surface area (Å²) in [7, 11) is 4.01. The van der Waals surface area contributed by atoms with E-state index in [2.05, 4.69) is 0 Å². The topological polar surface area (TPSA) is 179 Å². The van der Waals surface area contributed by atoms with Gasteiger partial charge in [0.15, 0.2) is 0 Å². The van der Waals surface area contributed by atoms with Gasteiger partial charge in [-0.2, -0.15) is 0 Å². The number of hydrogen-bond donors (Lipinski definition) is 2. The van der Waals surface area contributed by atoms with Crippen molar-refractivity contribution in [3.05, 3.63) is 66.7 Å². The van der Waals surface area contributed by atoms with Gasteiger partial charge in [-0.3, -0.25) is 30.3 Å². The Kier molecular flexibility index (Phi) is 6.36. The second kappa shape index (κ2) is 8.23. The Balaban J connectivity index is 0.000000289. The van der Waals surface area contributed by atoms with E-state index >= 15 is 0 Å². The number of nitro benzene ring substituents is 3. The molecule has 0 atom stereocenters. The number of benzene rings is 2. The maximum absolute atomic E-state index is 10.4. The third kappa shape index (κ3) is 5.02. The predicted molar refractivity (Wildman–Crippen MR) is 93.3 cm³/mol. The zero-order valence-corrected chi connectivity index (χ0v) is 13.7. The van der Waals surface area contributed by atoms with Crippen LogP contribution in [-0.2, 0) is 0 Å². The molecule has 0 bridgehead atoms. The van der Waals surface area contributed by atoms with E-state index in [4.69, 9.17) is 10.8 Å². The lowest BCUT2D eigenvalue weighted by molar-refractivity contribution is -0.404. The van der Waals surface area contributed by atoms with Crippen LogP contribution in [0.3, 0.4) is 0 Å². The fraction of sp³-hybridized carbons (Fsp3) is 0.143. The van der Waals surface area contributed by atoms with Crippen LogP contribution in [0, 0.1) is 30.3 Å². The summed E-state index contributed by atoms with van der Waals surface area (Å²) in [6.07, 6.45) is 0. The van der Waals surface area contributed by atoms with Gasteiger partial charge in [0.05, 0.1) is 26.9 Å². The Labute approximate surface area is 146 Å². The number of nitrogens with zero attached hydrogens (tertiary/aromatic N) is 4. The van der Waals surface area contributed by atoms with Gasteiger partial charge >= 0.3 is 11.4 Å². The summed E-state index contributed by atoms with van der Waals surface area (Å²) in [5.74, 6) is -1.21. The molecule has 0 fully saturated rings. The van der Waals surface area contributed by atoms with Crippen LogP contribution in [0.1, 0.15) is 0 Å². The van der Waals surface area contributed by atoms with Crippen LogP contribution in [0.5, 0.6) is 5.75 Å². The Morgan fingerprint density at radius 2 is 1.31 bits per heavy atom. The molecule has 0 aliphatic heterocycles. The molecule has 2 rings (SSSR count). The molecule has 26 heavy (non-hydrogen) atoms. The first-order valence-corrected chi connectivity index (χ1v) is 6.87. The fourth-order valence-electron chi connectivity index (χ4n) is 1.75. The molecule has 3 N–H and O–H groups in total. The molecule has 0 saturated heterocycles. The van der Waals surface area contributed by atoms with Gasteiger partial charge in [-0.15, -0.1) is 0 Å². The number of non-ortho nitro benzene ring substituents is 1. The lowest BCUT2D eigenvalue weighted by atomic mass is 10.2. The van der Waals surface area contributed by atoms with Gasteiger partial charge in [-0.05, 0) is 24.3 Å². The molecule has 0 unspecified atom stereocenters. The normalized spacial score (nSPS) is 9.62. The summed E-state index contributed by atoms with van der Waals surface area (Å²) >= 11 is 0. The maximum Gasteiger partial charge on any atom is 0.324 e. The smallest absolute Gasteiger partial charge is 0.324 e. The molecule has 138 valence electrons. The van der Waals surface area contributed by atoms with Crippen molar-refractivity contribution in [3.8, 4) is 5.75 Å². The van der Waals surface area contributed by atoms with E-state index in [1.54, 1.807) is 0 Å². The highest BCUT2D eigenvalue weighted by molar-refractivity contribution is 5.64. The summed E-state index contributed by atoms with van der Waals surface area (Å²) < 4.78 is 0. The zero-order chi connectivity index (χ0) is 20.0. The molecule has 0 heterocycles. The van der Waals surface area contributed by atoms with Gasteiger partial charge in [-0.25, -0.2) is 0 Å². The summed E-state index contributed by atoms with van der Waals surface area (Å²) in [5.41, 5.74) is 4.49. The van der Waals surface area contributed by atoms with E-state index in [0.29, 0.717) is 12.1 Å². The Morgan fingerprint density at radius 3 is 1.62 bits per heavy atom. The number of nitro groups is 3. The molecule has 2 aromatic carbocycles. The monoisotopic (exact) mass is 365 g/mol. The number of rotatable bonds is 4. The molecule has 0 aliphatic carbocycles. The standard InChI is InChI=1S/C8H12N2.C6H3N3O7/c1-10(2)8-5-3-7(9)4-6-8;10-6-4(8(13)14)1-3(7(11)12)2-5(6)9(15)16/h3-6H,9H2,1-2H3;1-2,10H. The van der Waals surface area contributed by atoms with Crippen LogP contribution in [-0.4, -0.2) is 34.0 Å². The van der Waals surface area contributed by atoms with Gasteiger partial charge in [0.1, 0.15) is 0 Å². The van der Waals surface area contributed by atoms with Crippen LogP contribution < -0.4 is 10.6 Å². The average molecular weight is 365 g/mol. The molecule has 12 heteroatoms. The van der Waals surface area contributed by atoms with Crippen molar-refractivity contribution in [2.75, 3.05) is 24.7 Å². The highest BCUT2D eigenvalue weighted by atomic mass is 16.6. The van der Waals surface area contributed by atoms with E-state index in [-0.39, 0.29) is 0 Å². The average Bonchev–Trinajstić information content (AvgIpc) is 2.55. The molecule has 0 aromatic heterocycles. The van der Waals surface area contributed by atoms with Crippen LogP contribution in [0.4, 0.5) is 28.4 Å². The van der Waals surface area contributed by atoms with Crippen molar-refractivity contribution < 1.29 is 19.9 Å². The highest BCUT2D eigenvalue weighted by Gasteiger charge is 2.30. The number of nitrogens with two attached hydrogens (primary N) is 1. The highest BCUT2D eigenvalue weighted by Crippen LogP contribution is 2.38. The SMILES string of the molecule is CN(C)c1ccc(N)cc1.O=[N+]([O-])c1cc([N+](=O)[O-])c(O)c([N+](=O)[O-])c1. The van der Waals surface area contributed by atoms with Crippen LogP contribution in [0.15, 0.2) is 36.4 Å². The Hall–Kier alpha value is -3.96. The number of phenolic OH excluding ortho intramolecular Hbond substituents is 1. The molecule has 2 aromatic rings. The van der Waals surface area contributed by atoms with Gasteiger partial charge < -0.3 is 15.7 Å². The maximum atomic E-state index is 10.4. The Bertz CT molecular complexity index is 801. The first-order chi connectivity index (χ1) is 12.0. The quantitative estimate of drug-likeness (QED) is 0.467. The minimum absolute atomic E-state index is 0.447. The Morgan fingerprint density at radius 1 is 0.885 bits per heavy atom. The van der Waals surface area contributed by atoms with E-state index in [1.807, 2.05) is 43.3 Å². The second-order valence-corrected chi connectivity index (χ2v) is 5.09. The first kappa shape index (κ1) is 20.1. The summed E-state index contributed by atoms with van der Waals surface area (Å²) in [6.45, 7) is 0. The summed E-state index contributed by atoms with van der Waals surface area (Å²) in [5, 5.41) is 40.2. The molecule has 12 nitrogen and oxygen atoms in total. The molecule has 0 radical (unpaired) electrons. The van der Waals surface area contributed by atoms with Crippen LogP contribution in [0.25, 0.3) is 0 Å². The van der Waals surface area contributed by atoms with E-state index in [9.17, 15) is 30.3 Å². The van der Waals surface area contributed by atoms with Gasteiger partial charge in [0, 0.05) is 25.5 Å². The molecular weight excluding hydrogens is 350 g/mol. The van der Waals surface area contributed by atoms with Crippen molar-refractivity contribution in [2.24, 2.45) is 0 Å². The van der Waals surface area contributed by atoms with Crippen molar-refractivity contribution in [3.63, 3.8) is 0 Å². The lowest BCUT2D eigenvalue weighted by Gasteiger charge is -2.11. The van der Waals surface area contributed by atoms with Crippen LogP contribution >= 0.6 is 0 Å². The minimum Gasteiger partial charge on any atom is -0.497 e. The number of hydrogen-bond acceptors (Lipinski definition) is 9. The van der Waals surface area contributed by atoms with E-state index < -0.39 is 37.6 Å². The largest absolute Gasteiger partial charge is 0.497 e. The third-order valence-electron chi connectivity index (χ3n) is 3.07.